The zero-order chi connectivity index (χ0) is 16.5. The molecular formula is C17H18BrNO3. The predicted molar refractivity (Wildman–Crippen MR) is 90.6 cm³/mol. The molecule has 0 bridgehead atoms. The van der Waals surface area contributed by atoms with Gasteiger partial charge in [0.25, 0.3) is 5.91 Å². The molecule has 4 nitrogen and oxygen atoms in total. The van der Waals surface area contributed by atoms with Crippen LogP contribution in [0.25, 0.3) is 0 Å². The van der Waals surface area contributed by atoms with Gasteiger partial charge in [0.15, 0.2) is 0 Å². The van der Waals surface area contributed by atoms with E-state index in [1.165, 1.54) is 6.07 Å². The fraction of sp³-hybridized carbons (Fsp3) is 0.235. The highest BCUT2D eigenvalue weighted by molar-refractivity contribution is 9.10. The number of aromatic hydroxyl groups is 2. The summed E-state index contributed by atoms with van der Waals surface area (Å²) in [5.41, 5.74) is 0.772. The van der Waals surface area contributed by atoms with Gasteiger partial charge in [-0.1, -0.05) is 39.0 Å². The van der Waals surface area contributed by atoms with E-state index in [1.54, 1.807) is 30.3 Å². The lowest BCUT2D eigenvalue weighted by Gasteiger charge is -2.22. The van der Waals surface area contributed by atoms with Gasteiger partial charge in [-0.3, -0.25) is 4.79 Å². The second-order valence-electron chi connectivity index (χ2n) is 6.04. The van der Waals surface area contributed by atoms with Gasteiger partial charge in [0, 0.05) is 10.0 Å². The lowest BCUT2D eigenvalue weighted by molar-refractivity contribution is 0.102. The van der Waals surface area contributed by atoms with E-state index in [0.29, 0.717) is 15.6 Å². The summed E-state index contributed by atoms with van der Waals surface area (Å²) in [6.45, 7) is 5.83. The average Bonchev–Trinajstić information content (AvgIpc) is 2.42. The third-order valence-corrected chi connectivity index (χ3v) is 4.01. The number of carbonyl (C=O) groups is 1. The molecule has 0 fully saturated rings. The van der Waals surface area contributed by atoms with Crippen LogP contribution in [-0.4, -0.2) is 16.1 Å². The van der Waals surface area contributed by atoms with E-state index in [9.17, 15) is 15.0 Å². The Hall–Kier alpha value is -2.01. The number of carbonyl (C=O) groups excluding carboxylic acids is 1. The maximum Gasteiger partial charge on any atom is 0.257 e. The van der Waals surface area contributed by atoms with Crippen LogP contribution in [-0.2, 0) is 5.41 Å². The number of nitrogens with one attached hydrogen (secondary N) is 1. The first-order chi connectivity index (χ1) is 10.2. The van der Waals surface area contributed by atoms with Crippen molar-refractivity contribution in [1.29, 1.82) is 0 Å². The molecule has 0 saturated heterocycles. The van der Waals surface area contributed by atoms with Crippen LogP contribution in [0, 0.1) is 0 Å². The number of hydrogen-bond donors (Lipinski definition) is 3. The number of rotatable bonds is 2. The molecule has 2 aromatic carbocycles. The molecule has 0 aliphatic carbocycles. The molecule has 0 radical (unpaired) electrons. The molecule has 0 aromatic heterocycles. The van der Waals surface area contributed by atoms with E-state index in [4.69, 9.17) is 0 Å². The van der Waals surface area contributed by atoms with Gasteiger partial charge in [0.1, 0.15) is 17.2 Å². The van der Waals surface area contributed by atoms with Crippen LogP contribution in [0.1, 0.15) is 36.7 Å². The zero-order valence-electron chi connectivity index (χ0n) is 12.6. The first-order valence-electron chi connectivity index (χ1n) is 6.83. The molecule has 5 heteroatoms. The summed E-state index contributed by atoms with van der Waals surface area (Å²) in [6.07, 6.45) is 0. The second-order valence-corrected chi connectivity index (χ2v) is 6.89. The van der Waals surface area contributed by atoms with E-state index in [-0.39, 0.29) is 22.6 Å². The van der Waals surface area contributed by atoms with E-state index < -0.39 is 5.91 Å². The summed E-state index contributed by atoms with van der Waals surface area (Å²) in [5, 5.41) is 22.9. The highest BCUT2D eigenvalue weighted by Gasteiger charge is 2.23. The summed E-state index contributed by atoms with van der Waals surface area (Å²) >= 11 is 3.31. The molecule has 0 spiro atoms. The summed E-state index contributed by atoms with van der Waals surface area (Å²) in [7, 11) is 0. The molecule has 0 aliphatic heterocycles. The van der Waals surface area contributed by atoms with Crippen molar-refractivity contribution in [1.82, 2.24) is 0 Å². The van der Waals surface area contributed by atoms with Crippen molar-refractivity contribution in [3.05, 3.63) is 52.0 Å². The van der Waals surface area contributed by atoms with Crippen molar-refractivity contribution < 1.29 is 15.0 Å². The van der Waals surface area contributed by atoms with Crippen molar-refractivity contribution in [2.24, 2.45) is 0 Å². The van der Waals surface area contributed by atoms with Crippen molar-refractivity contribution in [3.8, 4) is 11.5 Å². The highest BCUT2D eigenvalue weighted by atomic mass is 79.9. The molecule has 0 saturated carbocycles. The number of phenols is 2. The van der Waals surface area contributed by atoms with E-state index in [1.807, 2.05) is 20.8 Å². The van der Waals surface area contributed by atoms with Gasteiger partial charge in [-0.15, -0.1) is 0 Å². The maximum atomic E-state index is 12.3. The monoisotopic (exact) mass is 363 g/mol. The summed E-state index contributed by atoms with van der Waals surface area (Å²) in [6, 6.07) is 10.1. The van der Waals surface area contributed by atoms with Crippen LogP contribution in [0.4, 0.5) is 5.69 Å². The fourth-order valence-electron chi connectivity index (χ4n) is 2.14. The summed E-state index contributed by atoms with van der Waals surface area (Å²) < 4.78 is 0.637. The molecule has 2 aromatic rings. The summed E-state index contributed by atoms with van der Waals surface area (Å²) in [5.74, 6) is -0.706. The van der Waals surface area contributed by atoms with Gasteiger partial charge in [-0.25, -0.2) is 0 Å². The Labute approximate surface area is 137 Å². The molecule has 2 rings (SSSR count). The molecule has 3 N–H and O–H groups in total. The van der Waals surface area contributed by atoms with Crippen molar-refractivity contribution >= 4 is 27.5 Å². The molecule has 0 heterocycles. The van der Waals surface area contributed by atoms with E-state index in [2.05, 4.69) is 21.2 Å². The lowest BCUT2D eigenvalue weighted by atomic mass is 9.86. The van der Waals surface area contributed by atoms with Gasteiger partial charge < -0.3 is 15.5 Å². The van der Waals surface area contributed by atoms with Crippen LogP contribution in [0.2, 0.25) is 0 Å². The van der Waals surface area contributed by atoms with Crippen LogP contribution < -0.4 is 5.32 Å². The van der Waals surface area contributed by atoms with Crippen LogP contribution in [0.3, 0.4) is 0 Å². The zero-order valence-corrected chi connectivity index (χ0v) is 14.2. The molecule has 0 aliphatic rings. The number of amides is 1. The largest absolute Gasteiger partial charge is 0.506 e. The quantitative estimate of drug-likeness (QED) is 0.692. The fourth-order valence-corrected chi connectivity index (χ4v) is 2.60. The molecular weight excluding hydrogens is 346 g/mol. The van der Waals surface area contributed by atoms with Gasteiger partial charge in [0.05, 0.1) is 5.56 Å². The van der Waals surface area contributed by atoms with Gasteiger partial charge in [-0.05, 0) is 39.5 Å². The van der Waals surface area contributed by atoms with Gasteiger partial charge in [-0.2, -0.15) is 0 Å². The highest BCUT2D eigenvalue weighted by Crippen LogP contribution is 2.41. The van der Waals surface area contributed by atoms with Gasteiger partial charge in [0.2, 0.25) is 0 Å². The molecule has 1 amide bonds. The number of phenolic OH excluding ortho intramolecular Hbond substituents is 2. The van der Waals surface area contributed by atoms with Gasteiger partial charge >= 0.3 is 0 Å². The Balaban J connectivity index is 2.42. The van der Waals surface area contributed by atoms with Crippen molar-refractivity contribution in [2.45, 2.75) is 26.2 Å². The maximum absolute atomic E-state index is 12.3. The molecule has 22 heavy (non-hydrogen) atoms. The van der Waals surface area contributed by atoms with Crippen LogP contribution in [0.15, 0.2) is 40.9 Å². The number of anilines is 1. The third-order valence-electron chi connectivity index (χ3n) is 3.32. The minimum Gasteiger partial charge on any atom is -0.506 e. The summed E-state index contributed by atoms with van der Waals surface area (Å²) in [4.78, 5) is 12.3. The van der Waals surface area contributed by atoms with Crippen molar-refractivity contribution in [2.75, 3.05) is 5.32 Å². The average molecular weight is 364 g/mol. The normalized spacial score (nSPS) is 11.3. The van der Waals surface area contributed by atoms with E-state index >= 15 is 0 Å². The molecule has 0 atom stereocenters. The van der Waals surface area contributed by atoms with Crippen molar-refractivity contribution in [3.63, 3.8) is 0 Å². The van der Waals surface area contributed by atoms with E-state index in [0.717, 1.165) is 0 Å². The first kappa shape index (κ1) is 16.4. The van der Waals surface area contributed by atoms with Crippen LogP contribution in [0.5, 0.6) is 11.5 Å². The SMILES string of the molecule is CC(C)(C)c1ccc(O)c(NC(=O)c2ccccc2Br)c1O. The Morgan fingerprint density at radius 1 is 1.09 bits per heavy atom. The third kappa shape index (κ3) is 3.25. The Morgan fingerprint density at radius 2 is 1.73 bits per heavy atom. The first-order valence-corrected chi connectivity index (χ1v) is 7.62. The minimum atomic E-state index is -0.413. The Kier molecular flexibility index (Phi) is 4.47. The standard InChI is InChI=1S/C17H18BrNO3/c1-17(2,3)11-8-9-13(20)14(15(11)21)19-16(22)10-6-4-5-7-12(10)18/h4-9,20-21H,1-3H3,(H,19,22). The smallest absolute Gasteiger partial charge is 0.257 e. The number of benzene rings is 2. The second kappa shape index (κ2) is 6.01. The number of halogens is 1. The molecule has 116 valence electrons. The Morgan fingerprint density at radius 3 is 2.32 bits per heavy atom. The molecule has 0 unspecified atom stereocenters. The lowest BCUT2D eigenvalue weighted by Crippen LogP contribution is -2.16. The topological polar surface area (TPSA) is 69.6 Å². The van der Waals surface area contributed by atoms with Crippen LogP contribution >= 0.6 is 15.9 Å². The Bertz CT molecular complexity index is 720. The minimum absolute atomic E-state index is 0.0215. The number of hydrogen-bond acceptors (Lipinski definition) is 3. The predicted octanol–water partition coefficient (Wildman–Crippen LogP) is 4.41.